The maximum atomic E-state index is 11.8. The second-order valence-corrected chi connectivity index (χ2v) is 5.01. The molecular weight excluding hydrogens is 246 g/mol. The monoisotopic (exact) mass is 267 g/mol. The summed E-state index contributed by atoms with van der Waals surface area (Å²) in [5, 5.41) is 3.03. The van der Waals surface area contributed by atoms with Crippen molar-refractivity contribution in [3.63, 3.8) is 0 Å². The van der Waals surface area contributed by atoms with Crippen molar-refractivity contribution in [2.45, 2.75) is 45.6 Å². The van der Waals surface area contributed by atoms with Crippen LogP contribution in [0.25, 0.3) is 0 Å². The van der Waals surface area contributed by atoms with Gasteiger partial charge in [-0.15, -0.1) is 11.6 Å². The van der Waals surface area contributed by atoms with E-state index in [0.29, 0.717) is 12.3 Å². The van der Waals surface area contributed by atoms with Gasteiger partial charge in [-0.05, 0) is 31.7 Å². The third kappa shape index (κ3) is 5.54. The molecule has 1 atom stereocenters. The van der Waals surface area contributed by atoms with Crippen LogP contribution in [-0.4, -0.2) is 17.8 Å². The highest BCUT2D eigenvalue weighted by Gasteiger charge is 2.09. The smallest absolute Gasteiger partial charge is 0.220 e. The van der Waals surface area contributed by atoms with Crippen molar-refractivity contribution < 1.29 is 4.79 Å². The number of carbonyl (C=O) groups is 1. The molecule has 0 aliphatic heterocycles. The molecule has 0 fully saturated rings. The fourth-order valence-corrected chi connectivity index (χ4v) is 2.09. The lowest BCUT2D eigenvalue weighted by Crippen LogP contribution is -2.34. The van der Waals surface area contributed by atoms with Gasteiger partial charge in [-0.25, -0.2) is 0 Å². The predicted octanol–water partition coefficient (Wildman–Crippen LogP) is 3.45. The number of benzene rings is 1. The van der Waals surface area contributed by atoms with Crippen molar-refractivity contribution in [2.75, 3.05) is 5.88 Å². The Balaban J connectivity index is 2.34. The first-order chi connectivity index (χ1) is 8.65. The first kappa shape index (κ1) is 15.0. The molecule has 2 nitrogen and oxygen atoms in total. The minimum Gasteiger partial charge on any atom is -0.353 e. The molecule has 0 spiro atoms. The molecule has 0 saturated carbocycles. The van der Waals surface area contributed by atoms with E-state index in [1.807, 2.05) is 0 Å². The van der Waals surface area contributed by atoms with Crippen molar-refractivity contribution in [1.29, 1.82) is 0 Å². The van der Waals surface area contributed by atoms with E-state index in [0.717, 1.165) is 19.3 Å². The molecule has 0 bridgehead atoms. The number of nitrogens with one attached hydrogen (secondary N) is 1. The average molecular weight is 268 g/mol. The van der Waals surface area contributed by atoms with Crippen LogP contribution in [0.4, 0.5) is 0 Å². The molecular formula is C15H22ClNO. The Morgan fingerprint density at radius 3 is 2.56 bits per heavy atom. The molecule has 3 heteroatoms. The first-order valence-corrected chi connectivity index (χ1v) is 7.10. The highest BCUT2D eigenvalue weighted by atomic mass is 35.5. The van der Waals surface area contributed by atoms with Gasteiger partial charge in [0.05, 0.1) is 0 Å². The highest BCUT2D eigenvalue weighted by molar-refractivity contribution is 6.17. The van der Waals surface area contributed by atoms with Crippen molar-refractivity contribution in [3.05, 3.63) is 35.4 Å². The van der Waals surface area contributed by atoms with E-state index >= 15 is 0 Å². The fraction of sp³-hybridized carbons (Fsp3) is 0.533. The number of alkyl halides is 1. The zero-order valence-corrected chi connectivity index (χ0v) is 12.0. The van der Waals surface area contributed by atoms with Gasteiger partial charge >= 0.3 is 0 Å². The minimum atomic E-state index is 0.118. The lowest BCUT2D eigenvalue weighted by atomic mass is 10.1. The van der Waals surface area contributed by atoms with Crippen LogP contribution in [0, 0.1) is 6.92 Å². The zero-order chi connectivity index (χ0) is 13.4. The molecule has 0 heterocycles. The fourth-order valence-electron chi connectivity index (χ4n) is 1.82. The van der Waals surface area contributed by atoms with Gasteiger partial charge < -0.3 is 5.32 Å². The van der Waals surface area contributed by atoms with E-state index in [9.17, 15) is 4.79 Å². The first-order valence-electron chi connectivity index (χ1n) is 6.56. The topological polar surface area (TPSA) is 29.1 Å². The number of hydrogen-bond acceptors (Lipinski definition) is 1. The molecule has 0 aliphatic carbocycles. The summed E-state index contributed by atoms with van der Waals surface area (Å²) >= 11 is 5.69. The normalized spacial score (nSPS) is 12.2. The van der Waals surface area contributed by atoms with Crippen molar-refractivity contribution >= 4 is 17.5 Å². The van der Waals surface area contributed by atoms with Crippen LogP contribution in [0.5, 0.6) is 0 Å². The second kappa shape index (κ2) is 8.15. The minimum absolute atomic E-state index is 0.118. The number of halogens is 1. The van der Waals surface area contributed by atoms with Crippen LogP contribution in [0.15, 0.2) is 24.3 Å². The van der Waals surface area contributed by atoms with E-state index in [2.05, 4.69) is 43.4 Å². The average Bonchev–Trinajstić information content (AvgIpc) is 2.37. The Kier molecular flexibility index (Phi) is 6.81. The van der Waals surface area contributed by atoms with Gasteiger partial charge in [0.15, 0.2) is 0 Å². The Morgan fingerprint density at radius 1 is 1.33 bits per heavy atom. The summed E-state index contributed by atoms with van der Waals surface area (Å²) in [6.07, 6.45) is 3.11. The zero-order valence-electron chi connectivity index (χ0n) is 11.2. The van der Waals surface area contributed by atoms with Crippen molar-refractivity contribution in [2.24, 2.45) is 0 Å². The molecule has 100 valence electrons. The van der Waals surface area contributed by atoms with Gasteiger partial charge in [-0.2, -0.15) is 0 Å². The van der Waals surface area contributed by atoms with Gasteiger partial charge in [0.1, 0.15) is 0 Å². The van der Waals surface area contributed by atoms with E-state index < -0.39 is 0 Å². The maximum absolute atomic E-state index is 11.8. The Bertz CT molecular complexity index is 361. The molecule has 1 aromatic rings. The lowest BCUT2D eigenvalue weighted by Gasteiger charge is -2.15. The summed E-state index contributed by atoms with van der Waals surface area (Å²) in [5.74, 6) is 0.712. The van der Waals surface area contributed by atoms with Crippen LogP contribution in [0.3, 0.4) is 0 Å². The lowest BCUT2D eigenvalue weighted by molar-refractivity contribution is -0.121. The summed E-state index contributed by atoms with van der Waals surface area (Å²) in [6.45, 7) is 4.13. The van der Waals surface area contributed by atoms with E-state index in [4.69, 9.17) is 11.6 Å². The van der Waals surface area contributed by atoms with Gasteiger partial charge in [-0.1, -0.05) is 36.8 Å². The van der Waals surface area contributed by atoms with E-state index in [-0.39, 0.29) is 11.9 Å². The van der Waals surface area contributed by atoms with Crippen LogP contribution in [-0.2, 0) is 11.2 Å². The number of hydrogen-bond donors (Lipinski definition) is 1. The molecule has 1 N–H and O–H groups in total. The molecule has 1 amide bonds. The van der Waals surface area contributed by atoms with E-state index in [1.165, 1.54) is 11.1 Å². The third-order valence-corrected chi connectivity index (χ3v) is 3.30. The molecule has 18 heavy (non-hydrogen) atoms. The van der Waals surface area contributed by atoms with Crippen LogP contribution in [0.2, 0.25) is 0 Å². The quantitative estimate of drug-likeness (QED) is 0.754. The summed E-state index contributed by atoms with van der Waals surface area (Å²) in [7, 11) is 0. The van der Waals surface area contributed by atoms with E-state index in [1.54, 1.807) is 0 Å². The van der Waals surface area contributed by atoms with Gasteiger partial charge in [0.2, 0.25) is 5.91 Å². The summed E-state index contributed by atoms with van der Waals surface area (Å²) < 4.78 is 0. The SMILES string of the molecule is CCC(CCCl)NC(=O)CCc1ccc(C)cc1. The molecule has 0 saturated heterocycles. The molecule has 0 aliphatic rings. The molecule has 1 aromatic carbocycles. The van der Waals surface area contributed by atoms with Crippen molar-refractivity contribution in [1.82, 2.24) is 5.32 Å². The van der Waals surface area contributed by atoms with Crippen LogP contribution >= 0.6 is 11.6 Å². The highest BCUT2D eigenvalue weighted by Crippen LogP contribution is 2.06. The molecule has 1 rings (SSSR count). The Hall–Kier alpha value is -1.02. The third-order valence-electron chi connectivity index (χ3n) is 3.08. The molecule has 0 aromatic heterocycles. The molecule has 1 unspecified atom stereocenters. The summed E-state index contributed by atoms with van der Waals surface area (Å²) in [5.41, 5.74) is 2.46. The number of aryl methyl sites for hydroxylation is 2. The van der Waals surface area contributed by atoms with Gasteiger partial charge in [-0.3, -0.25) is 4.79 Å². The second-order valence-electron chi connectivity index (χ2n) is 4.64. The van der Waals surface area contributed by atoms with Crippen LogP contribution in [0.1, 0.15) is 37.3 Å². The maximum Gasteiger partial charge on any atom is 0.220 e. The number of amides is 1. The van der Waals surface area contributed by atoms with Crippen molar-refractivity contribution in [3.8, 4) is 0 Å². The predicted molar refractivity (Wildman–Crippen MR) is 77.1 cm³/mol. The summed E-state index contributed by atoms with van der Waals surface area (Å²) in [4.78, 5) is 11.8. The Labute approximate surface area is 115 Å². The number of carbonyl (C=O) groups excluding carboxylic acids is 1. The Morgan fingerprint density at radius 2 is 2.00 bits per heavy atom. The summed E-state index contributed by atoms with van der Waals surface area (Å²) in [6, 6.07) is 8.54. The van der Waals surface area contributed by atoms with Crippen LogP contribution < -0.4 is 5.32 Å². The standard InChI is InChI=1S/C15H22ClNO/c1-3-14(10-11-16)17-15(18)9-8-13-6-4-12(2)5-7-13/h4-7,14H,3,8-11H2,1-2H3,(H,17,18). The van der Waals surface area contributed by atoms with Gasteiger partial charge in [0.25, 0.3) is 0 Å². The number of rotatable bonds is 7. The van der Waals surface area contributed by atoms with Gasteiger partial charge in [0, 0.05) is 18.3 Å². The molecule has 0 radical (unpaired) electrons. The largest absolute Gasteiger partial charge is 0.353 e.